The molecular weight excluding hydrogens is 621 g/mol. The van der Waals surface area contributed by atoms with E-state index in [4.69, 9.17) is 4.74 Å². The Balaban J connectivity index is 1.35. The molecule has 4 heterocycles. The molecule has 6 rings (SSSR count). The molecule has 0 aliphatic heterocycles. The summed E-state index contributed by atoms with van der Waals surface area (Å²) in [5.41, 5.74) is 1.71. The summed E-state index contributed by atoms with van der Waals surface area (Å²) in [7, 11) is 1.56. The summed E-state index contributed by atoms with van der Waals surface area (Å²) in [5, 5.41) is 18.9. The molecule has 0 saturated carbocycles. The third-order valence-corrected chi connectivity index (χ3v) is 9.55. The van der Waals surface area contributed by atoms with Gasteiger partial charge in [0.05, 0.1) is 25.1 Å². The SMILES string of the molecule is C=CC(=O)C[C@@H](C)COc1cccc(Nc2cc(-c3cc(F)cc(-n4ncc5c6c(sc5c4=O)CCCC6)c3CO)cn(C)c2=O)n1. The molecule has 0 spiro atoms. The summed E-state index contributed by atoms with van der Waals surface area (Å²) in [4.78, 5) is 44.2. The number of nitrogens with one attached hydrogen (secondary N) is 1. The minimum Gasteiger partial charge on any atom is -0.477 e. The monoisotopic (exact) mass is 655 g/mol. The highest BCUT2D eigenvalue weighted by atomic mass is 32.1. The van der Waals surface area contributed by atoms with Crippen molar-refractivity contribution in [1.29, 1.82) is 0 Å². The second-order valence-electron chi connectivity index (χ2n) is 11.8. The Morgan fingerprint density at radius 2 is 2.02 bits per heavy atom. The summed E-state index contributed by atoms with van der Waals surface area (Å²) in [5.74, 6) is -0.120. The number of aliphatic hydroxyl groups excluding tert-OH is 1. The Kier molecular flexibility index (Phi) is 9.15. The van der Waals surface area contributed by atoms with Crippen molar-refractivity contribution in [3.05, 3.63) is 104 Å². The number of aryl methyl sites for hydroxylation is 3. The predicted molar refractivity (Wildman–Crippen MR) is 180 cm³/mol. The van der Waals surface area contributed by atoms with Crippen LogP contribution in [0.15, 0.2) is 71.0 Å². The number of anilines is 2. The van der Waals surface area contributed by atoms with Crippen LogP contribution in [0.2, 0.25) is 0 Å². The van der Waals surface area contributed by atoms with Crippen molar-refractivity contribution in [3.63, 3.8) is 0 Å². The maximum Gasteiger partial charge on any atom is 0.289 e. The Bertz CT molecular complexity index is 2140. The molecule has 242 valence electrons. The average molecular weight is 656 g/mol. The van der Waals surface area contributed by atoms with Gasteiger partial charge < -0.3 is 19.7 Å². The van der Waals surface area contributed by atoms with Gasteiger partial charge >= 0.3 is 0 Å². The van der Waals surface area contributed by atoms with Crippen LogP contribution in [0.4, 0.5) is 15.9 Å². The lowest BCUT2D eigenvalue weighted by atomic mass is 9.97. The number of pyridine rings is 2. The van der Waals surface area contributed by atoms with Crippen molar-refractivity contribution < 1.29 is 19.0 Å². The maximum absolute atomic E-state index is 15.3. The van der Waals surface area contributed by atoms with Crippen molar-refractivity contribution in [2.45, 2.75) is 45.6 Å². The van der Waals surface area contributed by atoms with Gasteiger partial charge in [0.2, 0.25) is 5.88 Å². The molecule has 4 aromatic heterocycles. The fraction of sp³-hybridized carbons (Fsp3) is 0.286. The maximum atomic E-state index is 15.3. The number of carbonyl (C=O) groups is 1. The number of nitrogens with zero attached hydrogens (tertiary/aromatic N) is 4. The van der Waals surface area contributed by atoms with E-state index >= 15 is 4.39 Å². The zero-order valence-electron chi connectivity index (χ0n) is 26.1. The summed E-state index contributed by atoms with van der Waals surface area (Å²) < 4.78 is 24.1. The first-order valence-electron chi connectivity index (χ1n) is 15.4. The number of benzene rings is 1. The number of ether oxygens (including phenoxy) is 1. The zero-order valence-corrected chi connectivity index (χ0v) is 26.9. The largest absolute Gasteiger partial charge is 0.477 e. The molecule has 10 nitrogen and oxygen atoms in total. The van der Waals surface area contributed by atoms with Gasteiger partial charge in [0, 0.05) is 53.2 Å². The van der Waals surface area contributed by atoms with Crippen LogP contribution in [0.3, 0.4) is 0 Å². The number of aromatic nitrogens is 4. The summed E-state index contributed by atoms with van der Waals surface area (Å²) in [6, 6.07) is 9.05. The first-order valence-corrected chi connectivity index (χ1v) is 16.2. The zero-order chi connectivity index (χ0) is 33.2. The molecule has 0 saturated heterocycles. The van der Waals surface area contributed by atoms with Crippen molar-refractivity contribution in [3.8, 4) is 22.7 Å². The second kappa shape index (κ2) is 13.4. The summed E-state index contributed by atoms with van der Waals surface area (Å²) in [6.45, 7) is 5.13. The van der Waals surface area contributed by atoms with Gasteiger partial charge in [0.15, 0.2) is 5.78 Å². The van der Waals surface area contributed by atoms with Gasteiger partial charge in [-0.3, -0.25) is 14.4 Å². The fourth-order valence-corrected chi connectivity index (χ4v) is 7.21. The van der Waals surface area contributed by atoms with Gasteiger partial charge in [0.1, 0.15) is 22.0 Å². The molecule has 0 bridgehead atoms. The van der Waals surface area contributed by atoms with Crippen LogP contribution in [-0.4, -0.2) is 36.8 Å². The molecule has 2 N–H and O–H groups in total. The second-order valence-corrected chi connectivity index (χ2v) is 12.9. The van der Waals surface area contributed by atoms with Crippen LogP contribution in [0.25, 0.3) is 26.9 Å². The van der Waals surface area contributed by atoms with Crippen LogP contribution in [0, 0.1) is 11.7 Å². The Morgan fingerprint density at radius 3 is 2.81 bits per heavy atom. The van der Waals surface area contributed by atoms with E-state index < -0.39 is 12.4 Å². The van der Waals surface area contributed by atoms with E-state index in [1.165, 1.54) is 50.8 Å². The van der Waals surface area contributed by atoms with E-state index in [9.17, 15) is 19.5 Å². The third-order valence-electron chi connectivity index (χ3n) is 8.25. The lowest BCUT2D eigenvalue weighted by Gasteiger charge is -2.17. The van der Waals surface area contributed by atoms with E-state index in [0.717, 1.165) is 35.8 Å². The Hall–Kier alpha value is -4.94. The lowest BCUT2D eigenvalue weighted by molar-refractivity contribution is -0.115. The molecule has 12 heteroatoms. The molecular formula is C35H34FN5O5S. The number of halogens is 1. The van der Waals surface area contributed by atoms with Crippen LogP contribution < -0.4 is 21.2 Å². The number of thiophene rings is 1. The van der Waals surface area contributed by atoms with Crippen molar-refractivity contribution in [2.24, 2.45) is 13.0 Å². The molecule has 1 aliphatic carbocycles. The number of hydrogen-bond donors (Lipinski definition) is 2. The molecule has 0 radical (unpaired) electrons. The van der Waals surface area contributed by atoms with Gasteiger partial charge in [-0.1, -0.05) is 19.6 Å². The van der Waals surface area contributed by atoms with Crippen LogP contribution >= 0.6 is 11.3 Å². The quantitative estimate of drug-likeness (QED) is 0.176. The topological polar surface area (TPSA) is 128 Å². The smallest absolute Gasteiger partial charge is 0.289 e. The minimum atomic E-state index is -0.634. The molecule has 0 fully saturated rings. The van der Waals surface area contributed by atoms with E-state index in [1.54, 1.807) is 37.5 Å². The summed E-state index contributed by atoms with van der Waals surface area (Å²) >= 11 is 1.46. The number of hydrogen-bond acceptors (Lipinski definition) is 9. The predicted octanol–water partition coefficient (Wildman–Crippen LogP) is 5.62. The van der Waals surface area contributed by atoms with E-state index in [0.29, 0.717) is 33.9 Å². The number of rotatable bonds is 11. The summed E-state index contributed by atoms with van der Waals surface area (Å²) in [6.07, 6.45) is 8.75. The normalized spacial score (nSPS) is 13.3. The molecule has 5 aromatic rings. The average Bonchev–Trinajstić information content (AvgIpc) is 3.45. The standard InChI is InChI=1S/C35H34FN5O5S/c1-4-23(43)12-20(2)19-46-32-11-7-10-31(39-32)38-28-13-21(17-40(3)34(28)44)25-14-22(36)15-29(27(25)18-42)41-35(45)33-26(16-37-41)24-8-5-6-9-30(24)47-33/h4,7,10-11,13-17,20,42H,1,5-6,8-9,12,18-19H2,2-3H3,(H,38,39)/t20-/m1/s1. The Morgan fingerprint density at radius 1 is 1.21 bits per heavy atom. The molecule has 0 unspecified atom stereocenters. The molecule has 1 aromatic carbocycles. The van der Waals surface area contributed by atoms with E-state index in [1.807, 2.05) is 6.92 Å². The van der Waals surface area contributed by atoms with Crippen molar-refractivity contribution in [1.82, 2.24) is 19.3 Å². The van der Waals surface area contributed by atoms with Crippen LogP contribution in [-0.2, 0) is 31.3 Å². The minimum absolute atomic E-state index is 0.0524. The molecule has 0 amide bonds. The molecule has 1 atom stereocenters. The van der Waals surface area contributed by atoms with E-state index in [-0.39, 0.29) is 46.4 Å². The number of aliphatic hydroxyl groups is 1. The number of fused-ring (bicyclic) bond motifs is 3. The first-order chi connectivity index (χ1) is 22.7. The van der Waals surface area contributed by atoms with Gasteiger partial charge in [-0.25, -0.2) is 4.39 Å². The van der Waals surface area contributed by atoms with Crippen molar-refractivity contribution in [2.75, 3.05) is 11.9 Å². The number of ketones is 1. The van der Waals surface area contributed by atoms with Crippen LogP contribution in [0.1, 0.15) is 42.2 Å². The number of carbonyl (C=O) groups excluding carboxylic acids is 1. The van der Waals surface area contributed by atoms with E-state index in [2.05, 4.69) is 22.0 Å². The van der Waals surface area contributed by atoms with Gasteiger partial charge in [-0.15, -0.1) is 11.3 Å². The first kappa shape index (κ1) is 32.0. The highest BCUT2D eigenvalue weighted by Gasteiger charge is 2.22. The van der Waals surface area contributed by atoms with Gasteiger partial charge in [-0.2, -0.15) is 14.8 Å². The molecule has 47 heavy (non-hydrogen) atoms. The third kappa shape index (κ3) is 6.51. The van der Waals surface area contributed by atoms with Crippen LogP contribution in [0.5, 0.6) is 5.88 Å². The lowest BCUT2D eigenvalue weighted by Crippen LogP contribution is -2.22. The highest BCUT2D eigenvalue weighted by Crippen LogP contribution is 2.35. The van der Waals surface area contributed by atoms with Crippen molar-refractivity contribution >= 4 is 38.7 Å². The highest BCUT2D eigenvalue weighted by molar-refractivity contribution is 7.19. The number of allylic oxidation sites excluding steroid dienone is 1. The Labute approximate surface area is 273 Å². The fourth-order valence-electron chi connectivity index (χ4n) is 5.92. The van der Waals surface area contributed by atoms with Gasteiger partial charge in [-0.05, 0) is 67.0 Å². The van der Waals surface area contributed by atoms with Gasteiger partial charge in [0.25, 0.3) is 11.1 Å². The molecule has 1 aliphatic rings.